The first-order valence-electron chi connectivity index (χ1n) is 10.1. The van der Waals surface area contributed by atoms with Crippen molar-refractivity contribution in [1.29, 1.82) is 0 Å². The molecule has 3 aromatic heterocycles. The van der Waals surface area contributed by atoms with E-state index < -0.39 is 5.82 Å². The van der Waals surface area contributed by atoms with Crippen LogP contribution < -0.4 is 5.32 Å². The molecule has 1 aromatic carbocycles. The van der Waals surface area contributed by atoms with Crippen LogP contribution in [0.1, 0.15) is 27.0 Å². The van der Waals surface area contributed by atoms with E-state index in [-0.39, 0.29) is 36.3 Å². The Morgan fingerprint density at radius 3 is 2.91 bits per heavy atom. The number of thiazole rings is 1. The van der Waals surface area contributed by atoms with Crippen molar-refractivity contribution in [3.63, 3.8) is 0 Å². The second-order valence-electron chi connectivity index (χ2n) is 7.41. The Bertz CT molecular complexity index is 1320. The molecule has 0 bridgehead atoms. The molecular weight excluding hydrogens is 431 g/mol. The van der Waals surface area contributed by atoms with Gasteiger partial charge in [0.25, 0.3) is 5.91 Å². The first-order chi connectivity index (χ1) is 15.6. The molecule has 162 valence electrons. The smallest absolute Gasteiger partial charge is 0.271 e. The summed E-state index contributed by atoms with van der Waals surface area (Å²) >= 11 is 1.36. The number of pyridine rings is 1. The monoisotopic (exact) mass is 450 g/mol. The molecule has 0 saturated heterocycles. The Morgan fingerprint density at radius 2 is 2.03 bits per heavy atom. The number of nitrogens with zero attached hydrogens (tertiary/aromatic N) is 5. The number of rotatable bonds is 6. The van der Waals surface area contributed by atoms with Gasteiger partial charge in [0.05, 0.1) is 34.8 Å². The minimum Gasteiger partial charge on any atom is -0.345 e. The third kappa shape index (κ3) is 3.96. The maximum absolute atomic E-state index is 13.6. The standard InChI is InChI=1S/C22H19FN6O2S/c23-14-4-3-8-24-16(14)10-25-22(31)17-13-32-20(27-17)7-9-28-11-19-26-15-5-1-2-6-18(15)29(19)12-21(28)30/h1-6,8,13H,7,9-12H2,(H,25,31). The lowest BCUT2D eigenvalue weighted by molar-refractivity contribution is -0.134. The van der Waals surface area contributed by atoms with Gasteiger partial charge in [0.1, 0.15) is 23.9 Å². The summed E-state index contributed by atoms with van der Waals surface area (Å²) in [6.07, 6.45) is 2.02. The molecule has 0 atom stereocenters. The SMILES string of the molecule is O=C(NCc1ncccc1F)c1csc(CCN2Cc3nc4ccccc4n3CC2=O)n1. The second-order valence-corrected chi connectivity index (χ2v) is 8.35. The number of hydrogen-bond acceptors (Lipinski definition) is 6. The van der Waals surface area contributed by atoms with Crippen LogP contribution in [-0.4, -0.2) is 42.8 Å². The molecule has 0 fully saturated rings. The summed E-state index contributed by atoms with van der Waals surface area (Å²) in [6, 6.07) is 10.6. The molecule has 1 aliphatic heterocycles. The number of amides is 2. The Morgan fingerprint density at radius 1 is 1.16 bits per heavy atom. The zero-order chi connectivity index (χ0) is 22.1. The highest BCUT2D eigenvalue weighted by Gasteiger charge is 2.25. The number of halogens is 1. The summed E-state index contributed by atoms with van der Waals surface area (Å²) < 4.78 is 15.6. The molecule has 32 heavy (non-hydrogen) atoms. The molecule has 0 spiro atoms. The fourth-order valence-corrected chi connectivity index (χ4v) is 4.45. The van der Waals surface area contributed by atoms with Gasteiger partial charge in [-0.15, -0.1) is 11.3 Å². The van der Waals surface area contributed by atoms with E-state index in [0.717, 1.165) is 21.9 Å². The van der Waals surface area contributed by atoms with Crippen LogP contribution in [0.15, 0.2) is 48.0 Å². The van der Waals surface area contributed by atoms with Crippen LogP contribution in [0.4, 0.5) is 4.39 Å². The lowest BCUT2D eigenvalue weighted by atomic mass is 10.3. The molecule has 4 aromatic rings. The third-order valence-corrected chi connectivity index (χ3v) is 6.25. The molecule has 4 heterocycles. The number of carbonyl (C=O) groups is 2. The van der Waals surface area contributed by atoms with Crippen molar-refractivity contribution < 1.29 is 14.0 Å². The van der Waals surface area contributed by atoms with Crippen LogP contribution >= 0.6 is 11.3 Å². The maximum Gasteiger partial charge on any atom is 0.271 e. The summed E-state index contributed by atoms with van der Waals surface area (Å²) in [5.41, 5.74) is 2.30. The quantitative estimate of drug-likeness (QED) is 0.487. The molecular formula is C22H19FN6O2S. The van der Waals surface area contributed by atoms with Crippen molar-refractivity contribution >= 4 is 34.2 Å². The highest BCUT2D eigenvalue weighted by atomic mass is 32.1. The van der Waals surface area contributed by atoms with Crippen molar-refractivity contribution in [3.05, 3.63) is 76.0 Å². The Kier molecular flexibility index (Phi) is 5.36. The van der Waals surface area contributed by atoms with Crippen molar-refractivity contribution in [2.75, 3.05) is 6.54 Å². The van der Waals surface area contributed by atoms with E-state index in [9.17, 15) is 14.0 Å². The lowest BCUT2D eigenvalue weighted by Gasteiger charge is -2.27. The van der Waals surface area contributed by atoms with E-state index >= 15 is 0 Å². The summed E-state index contributed by atoms with van der Waals surface area (Å²) in [5.74, 6) is 0.0473. The fraction of sp³-hybridized carbons (Fsp3) is 0.227. The number of imidazole rings is 1. The first-order valence-corrected chi connectivity index (χ1v) is 11.0. The van der Waals surface area contributed by atoms with Crippen LogP contribution in [0.25, 0.3) is 11.0 Å². The molecule has 0 unspecified atom stereocenters. The molecule has 10 heteroatoms. The van der Waals surface area contributed by atoms with E-state index in [4.69, 9.17) is 0 Å². The van der Waals surface area contributed by atoms with E-state index in [1.165, 1.54) is 29.7 Å². The fourth-order valence-electron chi connectivity index (χ4n) is 3.68. The van der Waals surface area contributed by atoms with E-state index in [0.29, 0.717) is 19.5 Å². The number of nitrogens with one attached hydrogen (secondary N) is 1. The predicted molar refractivity (Wildman–Crippen MR) is 116 cm³/mol. The Hall–Kier alpha value is -3.66. The molecule has 5 rings (SSSR count). The minimum atomic E-state index is -0.466. The molecule has 0 aliphatic carbocycles. The lowest BCUT2D eigenvalue weighted by Crippen LogP contribution is -2.40. The van der Waals surface area contributed by atoms with Gasteiger partial charge in [0.15, 0.2) is 0 Å². The van der Waals surface area contributed by atoms with Gasteiger partial charge in [0, 0.05) is 24.5 Å². The summed E-state index contributed by atoms with van der Waals surface area (Å²) in [4.78, 5) is 39.7. The summed E-state index contributed by atoms with van der Waals surface area (Å²) in [5, 5.41) is 5.05. The van der Waals surface area contributed by atoms with Gasteiger partial charge < -0.3 is 14.8 Å². The van der Waals surface area contributed by atoms with Crippen LogP contribution in [0.5, 0.6) is 0 Å². The van der Waals surface area contributed by atoms with Gasteiger partial charge in [-0.2, -0.15) is 0 Å². The number of benzene rings is 1. The maximum atomic E-state index is 13.6. The topological polar surface area (TPSA) is 93.0 Å². The molecule has 0 saturated carbocycles. The van der Waals surface area contributed by atoms with E-state index in [1.54, 1.807) is 10.3 Å². The van der Waals surface area contributed by atoms with Gasteiger partial charge in [-0.05, 0) is 24.3 Å². The number of carbonyl (C=O) groups excluding carboxylic acids is 2. The molecule has 8 nitrogen and oxygen atoms in total. The minimum absolute atomic E-state index is 0.0123. The van der Waals surface area contributed by atoms with E-state index in [2.05, 4.69) is 20.3 Å². The van der Waals surface area contributed by atoms with Crippen molar-refractivity contribution in [3.8, 4) is 0 Å². The highest BCUT2D eigenvalue weighted by Crippen LogP contribution is 2.22. The number of hydrogen-bond donors (Lipinski definition) is 1. The summed E-state index contributed by atoms with van der Waals surface area (Å²) in [7, 11) is 0. The largest absolute Gasteiger partial charge is 0.345 e. The normalized spacial score (nSPS) is 13.4. The van der Waals surface area contributed by atoms with Crippen LogP contribution in [0.2, 0.25) is 0 Å². The molecule has 1 N–H and O–H groups in total. The van der Waals surface area contributed by atoms with Crippen LogP contribution in [-0.2, 0) is 30.8 Å². The second kappa shape index (κ2) is 8.46. The Balaban J connectivity index is 1.19. The molecule has 1 aliphatic rings. The van der Waals surface area contributed by atoms with Crippen LogP contribution in [0.3, 0.4) is 0 Å². The van der Waals surface area contributed by atoms with Gasteiger partial charge in [-0.1, -0.05) is 12.1 Å². The first kappa shape index (κ1) is 20.3. The number of fused-ring (bicyclic) bond motifs is 3. The van der Waals surface area contributed by atoms with Crippen molar-refractivity contribution in [2.45, 2.75) is 26.1 Å². The van der Waals surface area contributed by atoms with Crippen molar-refractivity contribution in [1.82, 2.24) is 29.7 Å². The van der Waals surface area contributed by atoms with Gasteiger partial charge >= 0.3 is 0 Å². The van der Waals surface area contributed by atoms with Gasteiger partial charge in [-0.25, -0.2) is 14.4 Å². The Labute approximate surface area is 186 Å². The zero-order valence-electron chi connectivity index (χ0n) is 17.0. The zero-order valence-corrected chi connectivity index (χ0v) is 17.8. The average Bonchev–Trinajstić information content (AvgIpc) is 3.41. The summed E-state index contributed by atoms with van der Waals surface area (Å²) in [6.45, 7) is 1.20. The van der Waals surface area contributed by atoms with Crippen LogP contribution in [0, 0.1) is 5.82 Å². The number of aromatic nitrogens is 4. The molecule has 0 radical (unpaired) electrons. The third-order valence-electron chi connectivity index (χ3n) is 5.34. The highest BCUT2D eigenvalue weighted by molar-refractivity contribution is 7.09. The van der Waals surface area contributed by atoms with Gasteiger partial charge in [-0.3, -0.25) is 14.6 Å². The molecule has 2 amide bonds. The van der Waals surface area contributed by atoms with Gasteiger partial charge in [0.2, 0.25) is 5.91 Å². The average molecular weight is 450 g/mol. The number of para-hydroxylation sites is 2. The van der Waals surface area contributed by atoms with E-state index in [1.807, 2.05) is 28.8 Å². The predicted octanol–water partition coefficient (Wildman–Crippen LogP) is 2.54. The van der Waals surface area contributed by atoms with Crippen molar-refractivity contribution in [2.24, 2.45) is 0 Å².